The van der Waals surface area contributed by atoms with Gasteiger partial charge in [0.05, 0.1) is 5.69 Å². The standard InChI is InChI=1S/C20H20FNO3/c1-13-9-11-14(12-10-13)20(21)15-7-5-6-8-16(15)22(17(20)23)18(24)25-19(2,3)4/h5-12H,1-4H3/t20-/m1/s1. The van der Waals surface area contributed by atoms with E-state index < -0.39 is 23.3 Å². The van der Waals surface area contributed by atoms with Crippen molar-refractivity contribution < 1.29 is 18.7 Å². The topological polar surface area (TPSA) is 46.6 Å². The van der Waals surface area contributed by atoms with Crippen molar-refractivity contribution in [2.75, 3.05) is 4.90 Å². The van der Waals surface area contributed by atoms with E-state index in [-0.39, 0.29) is 16.8 Å². The lowest BCUT2D eigenvalue weighted by Crippen LogP contribution is -2.44. The van der Waals surface area contributed by atoms with Gasteiger partial charge < -0.3 is 4.74 Å². The lowest BCUT2D eigenvalue weighted by atomic mass is 9.89. The maximum absolute atomic E-state index is 16.0. The molecule has 1 atom stereocenters. The third kappa shape index (κ3) is 2.80. The molecule has 0 saturated carbocycles. The molecule has 25 heavy (non-hydrogen) atoms. The van der Waals surface area contributed by atoms with Crippen LogP contribution < -0.4 is 4.90 Å². The van der Waals surface area contributed by atoms with E-state index in [1.165, 1.54) is 6.07 Å². The minimum absolute atomic E-state index is 0.148. The number of alkyl halides is 1. The number of amides is 2. The van der Waals surface area contributed by atoms with E-state index in [4.69, 9.17) is 4.74 Å². The molecule has 1 aliphatic rings. The van der Waals surface area contributed by atoms with Crippen LogP contribution in [0.2, 0.25) is 0 Å². The molecule has 0 fully saturated rings. The molecule has 4 nitrogen and oxygen atoms in total. The van der Waals surface area contributed by atoms with Crippen LogP contribution in [0.4, 0.5) is 14.9 Å². The molecule has 1 heterocycles. The third-order valence-electron chi connectivity index (χ3n) is 4.04. The summed E-state index contributed by atoms with van der Waals surface area (Å²) in [5.41, 5.74) is -1.70. The number of carbonyl (C=O) groups is 2. The van der Waals surface area contributed by atoms with Crippen LogP contribution >= 0.6 is 0 Å². The summed E-state index contributed by atoms with van der Waals surface area (Å²) in [6.45, 7) is 6.96. The van der Waals surface area contributed by atoms with Gasteiger partial charge in [-0.3, -0.25) is 4.79 Å². The average Bonchev–Trinajstić information content (AvgIpc) is 2.76. The van der Waals surface area contributed by atoms with E-state index in [0.717, 1.165) is 10.5 Å². The summed E-state index contributed by atoms with van der Waals surface area (Å²) in [4.78, 5) is 26.3. The molecule has 0 unspecified atom stereocenters. The summed E-state index contributed by atoms with van der Waals surface area (Å²) in [5.74, 6) is -0.952. The summed E-state index contributed by atoms with van der Waals surface area (Å²) in [6.07, 6.45) is -0.878. The van der Waals surface area contributed by atoms with E-state index >= 15 is 4.39 Å². The monoisotopic (exact) mass is 341 g/mol. The van der Waals surface area contributed by atoms with Crippen molar-refractivity contribution in [1.82, 2.24) is 0 Å². The number of carbonyl (C=O) groups excluding carboxylic acids is 2. The zero-order valence-electron chi connectivity index (χ0n) is 14.7. The molecule has 2 aromatic rings. The van der Waals surface area contributed by atoms with Crippen molar-refractivity contribution in [2.24, 2.45) is 0 Å². The maximum atomic E-state index is 16.0. The Balaban J connectivity index is 2.12. The predicted molar refractivity (Wildman–Crippen MR) is 93.2 cm³/mol. The molecular weight excluding hydrogens is 321 g/mol. The lowest BCUT2D eigenvalue weighted by Gasteiger charge is -2.24. The van der Waals surface area contributed by atoms with Gasteiger partial charge in [-0.15, -0.1) is 0 Å². The number of rotatable bonds is 1. The Morgan fingerprint density at radius 1 is 1.08 bits per heavy atom. The average molecular weight is 341 g/mol. The van der Waals surface area contributed by atoms with Crippen molar-refractivity contribution in [1.29, 1.82) is 0 Å². The summed E-state index contributed by atoms with van der Waals surface area (Å²) in [5, 5.41) is 0. The van der Waals surface area contributed by atoms with Gasteiger partial charge in [-0.25, -0.2) is 14.1 Å². The molecule has 2 aromatic carbocycles. The molecule has 130 valence electrons. The molecular formula is C20H20FNO3. The number of hydrogen-bond acceptors (Lipinski definition) is 3. The van der Waals surface area contributed by atoms with Crippen molar-refractivity contribution in [3.8, 4) is 0 Å². The van der Waals surface area contributed by atoms with Crippen molar-refractivity contribution >= 4 is 17.7 Å². The molecule has 5 heteroatoms. The fourth-order valence-electron chi connectivity index (χ4n) is 2.89. The van der Waals surface area contributed by atoms with E-state index in [1.54, 1.807) is 63.2 Å². The van der Waals surface area contributed by atoms with Crippen LogP contribution in [0, 0.1) is 6.92 Å². The second-order valence-corrected chi connectivity index (χ2v) is 7.16. The van der Waals surface area contributed by atoms with Gasteiger partial charge >= 0.3 is 6.09 Å². The number of aryl methyl sites for hydroxylation is 1. The van der Waals surface area contributed by atoms with Gasteiger partial charge in [0.15, 0.2) is 0 Å². The Labute approximate surface area is 146 Å². The summed E-state index contributed by atoms with van der Waals surface area (Å²) >= 11 is 0. The SMILES string of the molecule is Cc1ccc([C@]2(F)C(=O)N(C(=O)OC(C)(C)C)c3ccccc32)cc1. The highest BCUT2D eigenvalue weighted by molar-refractivity contribution is 6.21. The van der Waals surface area contributed by atoms with E-state index in [1.807, 2.05) is 6.92 Å². The van der Waals surface area contributed by atoms with Gasteiger partial charge in [0.25, 0.3) is 5.91 Å². The molecule has 0 radical (unpaired) electrons. The summed E-state index contributed by atoms with van der Waals surface area (Å²) < 4.78 is 21.3. The number of para-hydroxylation sites is 1. The minimum Gasteiger partial charge on any atom is -0.443 e. The first-order valence-electron chi connectivity index (χ1n) is 8.08. The lowest BCUT2D eigenvalue weighted by molar-refractivity contribution is -0.126. The molecule has 3 rings (SSSR count). The van der Waals surface area contributed by atoms with Crippen molar-refractivity contribution in [3.05, 3.63) is 65.2 Å². The minimum atomic E-state index is -2.42. The Bertz CT molecular complexity index is 839. The second kappa shape index (κ2) is 5.69. The van der Waals surface area contributed by atoms with Gasteiger partial charge in [0, 0.05) is 11.1 Å². The molecule has 0 aliphatic carbocycles. The first-order chi connectivity index (χ1) is 11.6. The van der Waals surface area contributed by atoms with Crippen LogP contribution in [0.3, 0.4) is 0 Å². The van der Waals surface area contributed by atoms with Gasteiger partial charge in [0.2, 0.25) is 5.67 Å². The number of imide groups is 1. The molecule has 0 N–H and O–H groups in total. The highest BCUT2D eigenvalue weighted by Gasteiger charge is 2.55. The Kier molecular flexibility index (Phi) is 3.90. The smallest absolute Gasteiger partial charge is 0.421 e. The Hall–Kier alpha value is -2.69. The van der Waals surface area contributed by atoms with E-state index in [2.05, 4.69) is 0 Å². The van der Waals surface area contributed by atoms with E-state index in [0.29, 0.717) is 0 Å². The van der Waals surface area contributed by atoms with Crippen LogP contribution in [0.25, 0.3) is 0 Å². The van der Waals surface area contributed by atoms with Crippen molar-refractivity contribution in [2.45, 2.75) is 39.0 Å². The number of fused-ring (bicyclic) bond motifs is 1. The molecule has 0 bridgehead atoms. The third-order valence-corrected chi connectivity index (χ3v) is 4.04. The van der Waals surface area contributed by atoms with Crippen LogP contribution in [-0.2, 0) is 15.2 Å². The highest BCUT2D eigenvalue weighted by atomic mass is 19.1. The van der Waals surface area contributed by atoms with Crippen LogP contribution in [0.15, 0.2) is 48.5 Å². The van der Waals surface area contributed by atoms with Crippen LogP contribution in [0.5, 0.6) is 0 Å². The van der Waals surface area contributed by atoms with Gasteiger partial charge in [0.1, 0.15) is 5.60 Å². The zero-order chi connectivity index (χ0) is 18.4. The Morgan fingerprint density at radius 3 is 2.28 bits per heavy atom. The van der Waals surface area contributed by atoms with Gasteiger partial charge in [-0.1, -0.05) is 48.0 Å². The number of anilines is 1. The van der Waals surface area contributed by atoms with Crippen LogP contribution in [-0.4, -0.2) is 17.6 Å². The fourth-order valence-corrected chi connectivity index (χ4v) is 2.89. The Morgan fingerprint density at radius 2 is 1.68 bits per heavy atom. The first kappa shape index (κ1) is 17.1. The fraction of sp³-hybridized carbons (Fsp3) is 0.300. The first-order valence-corrected chi connectivity index (χ1v) is 8.08. The second-order valence-electron chi connectivity index (χ2n) is 7.16. The molecule has 1 aliphatic heterocycles. The van der Waals surface area contributed by atoms with E-state index in [9.17, 15) is 9.59 Å². The molecule has 0 aromatic heterocycles. The van der Waals surface area contributed by atoms with Gasteiger partial charge in [-0.2, -0.15) is 0 Å². The summed E-state index contributed by atoms with van der Waals surface area (Å²) in [6, 6.07) is 13.0. The highest BCUT2D eigenvalue weighted by Crippen LogP contribution is 2.47. The quantitative estimate of drug-likeness (QED) is 0.768. The molecule has 2 amide bonds. The number of hydrogen-bond donors (Lipinski definition) is 0. The number of benzene rings is 2. The number of ether oxygens (including phenoxy) is 1. The molecule has 0 spiro atoms. The predicted octanol–water partition coefficient (Wildman–Crippen LogP) is 4.49. The number of halogens is 1. The molecule has 0 saturated heterocycles. The van der Waals surface area contributed by atoms with Gasteiger partial charge in [-0.05, 0) is 33.8 Å². The zero-order valence-corrected chi connectivity index (χ0v) is 14.7. The van der Waals surface area contributed by atoms with Crippen LogP contribution in [0.1, 0.15) is 37.5 Å². The number of nitrogens with zero attached hydrogens (tertiary/aromatic N) is 1. The summed E-state index contributed by atoms with van der Waals surface area (Å²) in [7, 11) is 0. The van der Waals surface area contributed by atoms with Crippen molar-refractivity contribution in [3.63, 3.8) is 0 Å². The largest absolute Gasteiger partial charge is 0.443 e. The maximum Gasteiger partial charge on any atom is 0.421 e. The normalized spacial score (nSPS) is 19.7.